The quantitative estimate of drug-likeness (QED) is 0.868. The van der Waals surface area contributed by atoms with Crippen LogP contribution in [0.5, 0.6) is 0 Å². The predicted octanol–water partition coefficient (Wildman–Crippen LogP) is 1.31. The molecule has 16 heavy (non-hydrogen) atoms. The molecule has 0 saturated carbocycles. The fourth-order valence-corrected chi connectivity index (χ4v) is 2.10. The van der Waals surface area contributed by atoms with E-state index in [1.807, 2.05) is 27.7 Å². The summed E-state index contributed by atoms with van der Waals surface area (Å²) in [4.78, 5) is 0. The molecule has 0 amide bonds. The van der Waals surface area contributed by atoms with Gasteiger partial charge in [0.05, 0.1) is 5.69 Å². The SMILES string of the molecule is CC(C)Cn1nc(C(C)C)cc1S(N)(=O)=O. The van der Waals surface area contributed by atoms with E-state index in [-0.39, 0.29) is 10.9 Å². The molecule has 0 aromatic carbocycles. The summed E-state index contributed by atoms with van der Waals surface area (Å²) in [5.41, 5.74) is 0.754. The Hall–Kier alpha value is -0.880. The van der Waals surface area contributed by atoms with Crippen molar-refractivity contribution < 1.29 is 8.42 Å². The lowest BCUT2D eigenvalue weighted by atomic mass is 10.1. The van der Waals surface area contributed by atoms with Crippen LogP contribution in [0.2, 0.25) is 0 Å². The van der Waals surface area contributed by atoms with Crippen LogP contribution < -0.4 is 5.14 Å². The van der Waals surface area contributed by atoms with E-state index in [1.54, 1.807) is 6.07 Å². The van der Waals surface area contributed by atoms with Gasteiger partial charge in [0.1, 0.15) is 0 Å². The summed E-state index contributed by atoms with van der Waals surface area (Å²) in [6.45, 7) is 8.50. The Morgan fingerprint density at radius 3 is 2.31 bits per heavy atom. The van der Waals surface area contributed by atoms with E-state index in [9.17, 15) is 8.42 Å². The maximum atomic E-state index is 11.4. The highest BCUT2D eigenvalue weighted by molar-refractivity contribution is 7.89. The van der Waals surface area contributed by atoms with Gasteiger partial charge in [0.25, 0.3) is 10.0 Å². The van der Waals surface area contributed by atoms with Gasteiger partial charge in [0.2, 0.25) is 0 Å². The lowest BCUT2D eigenvalue weighted by Crippen LogP contribution is -2.19. The van der Waals surface area contributed by atoms with E-state index < -0.39 is 10.0 Å². The van der Waals surface area contributed by atoms with Crippen molar-refractivity contribution >= 4 is 10.0 Å². The Balaban J connectivity index is 3.24. The average molecular weight is 245 g/mol. The van der Waals surface area contributed by atoms with Crippen molar-refractivity contribution in [3.63, 3.8) is 0 Å². The first-order valence-corrected chi connectivity index (χ1v) is 6.87. The minimum absolute atomic E-state index is 0.102. The summed E-state index contributed by atoms with van der Waals surface area (Å²) in [6, 6.07) is 1.56. The Morgan fingerprint density at radius 2 is 1.94 bits per heavy atom. The molecule has 0 saturated heterocycles. The van der Waals surface area contributed by atoms with Gasteiger partial charge in [-0.25, -0.2) is 13.6 Å². The van der Waals surface area contributed by atoms with Gasteiger partial charge < -0.3 is 0 Å². The highest BCUT2D eigenvalue weighted by Gasteiger charge is 2.19. The van der Waals surface area contributed by atoms with Crippen LogP contribution in [0.4, 0.5) is 0 Å². The summed E-state index contributed by atoms with van der Waals surface area (Å²) in [7, 11) is -3.69. The van der Waals surface area contributed by atoms with Crippen molar-refractivity contribution in [3.05, 3.63) is 11.8 Å². The van der Waals surface area contributed by atoms with Crippen LogP contribution in [0.15, 0.2) is 11.1 Å². The molecule has 6 heteroatoms. The summed E-state index contributed by atoms with van der Waals surface area (Å²) < 4.78 is 24.3. The number of sulfonamides is 1. The monoisotopic (exact) mass is 245 g/mol. The molecular formula is C10H19N3O2S. The predicted molar refractivity (Wildman–Crippen MR) is 62.5 cm³/mol. The van der Waals surface area contributed by atoms with Gasteiger partial charge in [-0.1, -0.05) is 27.7 Å². The molecule has 2 N–H and O–H groups in total. The van der Waals surface area contributed by atoms with E-state index in [2.05, 4.69) is 5.10 Å². The third-order valence-corrected chi connectivity index (χ3v) is 3.09. The topological polar surface area (TPSA) is 78.0 Å². The second kappa shape index (κ2) is 4.55. The summed E-state index contributed by atoms with van der Waals surface area (Å²) in [5, 5.41) is 9.53. The van der Waals surface area contributed by atoms with E-state index in [4.69, 9.17) is 5.14 Å². The minimum atomic E-state index is -3.69. The van der Waals surface area contributed by atoms with Crippen molar-refractivity contribution in [1.82, 2.24) is 9.78 Å². The van der Waals surface area contributed by atoms with E-state index in [1.165, 1.54) is 4.68 Å². The molecule has 0 aliphatic rings. The average Bonchev–Trinajstić information content (AvgIpc) is 2.45. The van der Waals surface area contributed by atoms with Crippen LogP contribution in [0.1, 0.15) is 39.3 Å². The standard InChI is InChI=1S/C10H19N3O2S/c1-7(2)6-13-10(16(11,14)15)5-9(12-13)8(3)4/h5,7-8H,6H2,1-4H3,(H2,11,14,15). The van der Waals surface area contributed by atoms with Gasteiger partial charge >= 0.3 is 0 Å². The number of hydrogen-bond donors (Lipinski definition) is 1. The maximum Gasteiger partial charge on any atom is 0.255 e. The van der Waals surface area contributed by atoms with Crippen LogP contribution >= 0.6 is 0 Å². The zero-order chi connectivity index (χ0) is 12.5. The molecule has 1 aromatic heterocycles. The molecule has 1 aromatic rings. The van der Waals surface area contributed by atoms with E-state index in [0.29, 0.717) is 12.5 Å². The van der Waals surface area contributed by atoms with Crippen LogP contribution in [0.3, 0.4) is 0 Å². The molecule has 0 aliphatic heterocycles. The highest BCUT2D eigenvalue weighted by atomic mass is 32.2. The Morgan fingerprint density at radius 1 is 1.38 bits per heavy atom. The molecule has 5 nitrogen and oxygen atoms in total. The Labute approximate surface area is 96.7 Å². The van der Waals surface area contributed by atoms with Crippen LogP contribution in [0.25, 0.3) is 0 Å². The molecule has 0 atom stereocenters. The van der Waals surface area contributed by atoms with E-state index >= 15 is 0 Å². The van der Waals surface area contributed by atoms with Crippen molar-refractivity contribution in [1.29, 1.82) is 0 Å². The number of nitrogens with two attached hydrogens (primary N) is 1. The van der Waals surface area contributed by atoms with Crippen molar-refractivity contribution in [2.45, 2.75) is 45.2 Å². The minimum Gasteiger partial charge on any atom is -0.252 e. The molecular weight excluding hydrogens is 226 g/mol. The Bertz CT molecular complexity index is 460. The van der Waals surface area contributed by atoms with Crippen LogP contribution in [0, 0.1) is 5.92 Å². The van der Waals surface area contributed by atoms with Crippen LogP contribution in [-0.4, -0.2) is 18.2 Å². The summed E-state index contributed by atoms with van der Waals surface area (Å²) in [5.74, 6) is 0.509. The van der Waals surface area contributed by atoms with Crippen molar-refractivity contribution in [2.75, 3.05) is 0 Å². The second-order valence-corrected chi connectivity index (χ2v) is 6.19. The molecule has 1 heterocycles. The number of nitrogens with zero attached hydrogens (tertiary/aromatic N) is 2. The van der Waals surface area contributed by atoms with Gasteiger partial charge in [0, 0.05) is 12.6 Å². The third kappa shape index (κ3) is 3.05. The fourth-order valence-electron chi connectivity index (χ4n) is 1.41. The lowest BCUT2D eigenvalue weighted by molar-refractivity contribution is 0.445. The van der Waals surface area contributed by atoms with E-state index in [0.717, 1.165) is 5.69 Å². The molecule has 0 aliphatic carbocycles. The number of primary sulfonamides is 1. The molecule has 1 rings (SSSR count). The van der Waals surface area contributed by atoms with Gasteiger partial charge in [-0.15, -0.1) is 0 Å². The number of rotatable bonds is 4. The number of aromatic nitrogens is 2. The molecule has 0 fully saturated rings. The molecule has 0 radical (unpaired) electrons. The summed E-state index contributed by atoms with van der Waals surface area (Å²) >= 11 is 0. The smallest absolute Gasteiger partial charge is 0.252 e. The largest absolute Gasteiger partial charge is 0.255 e. The number of hydrogen-bond acceptors (Lipinski definition) is 3. The fraction of sp³-hybridized carbons (Fsp3) is 0.700. The van der Waals surface area contributed by atoms with Gasteiger partial charge in [-0.05, 0) is 11.8 Å². The van der Waals surface area contributed by atoms with Gasteiger partial charge in [0.15, 0.2) is 5.03 Å². The molecule has 92 valence electrons. The van der Waals surface area contributed by atoms with Gasteiger partial charge in [-0.3, -0.25) is 4.68 Å². The highest BCUT2D eigenvalue weighted by Crippen LogP contribution is 2.18. The molecule has 0 spiro atoms. The Kier molecular flexibility index (Phi) is 3.75. The second-order valence-electron chi connectivity index (χ2n) is 4.68. The van der Waals surface area contributed by atoms with Gasteiger partial charge in [-0.2, -0.15) is 5.10 Å². The zero-order valence-corrected chi connectivity index (χ0v) is 11.0. The third-order valence-electron chi connectivity index (χ3n) is 2.18. The van der Waals surface area contributed by atoms with Crippen molar-refractivity contribution in [2.24, 2.45) is 11.1 Å². The summed E-state index contributed by atoms with van der Waals surface area (Å²) in [6.07, 6.45) is 0. The van der Waals surface area contributed by atoms with Crippen molar-refractivity contribution in [3.8, 4) is 0 Å². The maximum absolute atomic E-state index is 11.4. The molecule has 0 unspecified atom stereocenters. The zero-order valence-electron chi connectivity index (χ0n) is 10.1. The molecule has 0 bridgehead atoms. The van der Waals surface area contributed by atoms with Crippen LogP contribution in [-0.2, 0) is 16.6 Å². The lowest BCUT2D eigenvalue weighted by Gasteiger charge is -2.08. The first-order chi connectivity index (χ1) is 7.21. The first kappa shape index (κ1) is 13.2. The normalized spacial score (nSPS) is 12.7. The first-order valence-electron chi connectivity index (χ1n) is 5.32.